The molecule has 2 rings (SSSR count). The van der Waals surface area contributed by atoms with Crippen molar-refractivity contribution in [3.8, 4) is 0 Å². The number of halogens is 1. The van der Waals surface area contributed by atoms with Gasteiger partial charge in [0.15, 0.2) is 5.82 Å². The quantitative estimate of drug-likeness (QED) is 0.896. The second-order valence-corrected chi connectivity index (χ2v) is 4.93. The number of nitrogen functional groups attached to an aromatic ring is 2. The van der Waals surface area contributed by atoms with Crippen molar-refractivity contribution in [3.05, 3.63) is 40.5 Å². The first-order valence-corrected chi connectivity index (χ1v) is 6.44. The number of aryl methyl sites for hydroxylation is 1. The second kappa shape index (κ2) is 5.84. The van der Waals surface area contributed by atoms with E-state index in [2.05, 4.69) is 22.1 Å². The van der Waals surface area contributed by atoms with Crippen LogP contribution < -0.4 is 11.5 Å². The standard InChI is InChI=1S/C13H16ClN5/c1-8(9-3-5-10(14)6-4-9)2-7-11-12(15)17-13(16)19-18-11/h3-6,8H,2,7H2,1H3,(H4,15,16,17,19). The lowest BCUT2D eigenvalue weighted by Crippen LogP contribution is -2.08. The van der Waals surface area contributed by atoms with E-state index in [0.717, 1.165) is 17.9 Å². The van der Waals surface area contributed by atoms with Crippen molar-refractivity contribution in [2.45, 2.75) is 25.7 Å². The van der Waals surface area contributed by atoms with Crippen LogP contribution in [0.4, 0.5) is 11.8 Å². The molecule has 0 aliphatic rings. The number of aromatic nitrogens is 3. The summed E-state index contributed by atoms with van der Waals surface area (Å²) in [6.45, 7) is 2.15. The second-order valence-electron chi connectivity index (χ2n) is 4.49. The fourth-order valence-electron chi connectivity index (χ4n) is 1.86. The Morgan fingerprint density at radius 3 is 2.47 bits per heavy atom. The lowest BCUT2D eigenvalue weighted by Gasteiger charge is -2.12. The van der Waals surface area contributed by atoms with Gasteiger partial charge in [0.05, 0.1) is 0 Å². The molecule has 4 N–H and O–H groups in total. The predicted octanol–water partition coefficient (Wildman–Crippen LogP) is 2.43. The minimum atomic E-state index is 0.104. The summed E-state index contributed by atoms with van der Waals surface area (Å²) >= 11 is 5.87. The highest BCUT2D eigenvalue weighted by atomic mass is 35.5. The Bertz CT molecular complexity index is 555. The van der Waals surface area contributed by atoms with Gasteiger partial charge in [0.1, 0.15) is 5.69 Å². The summed E-state index contributed by atoms with van der Waals surface area (Å²) in [5.74, 6) is 0.846. The number of hydrogen-bond donors (Lipinski definition) is 2. The Morgan fingerprint density at radius 2 is 1.84 bits per heavy atom. The average Bonchev–Trinajstić information content (AvgIpc) is 2.38. The number of nitrogens with zero attached hydrogens (tertiary/aromatic N) is 3. The molecule has 1 unspecified atom stereocenters. The highest BCUT2D eigenvalue weighted by molar-refractivity contribution is 6.30. The van der Waals surface area contributed by atoms with Gasteiger partial charge in [-0.05, 0) is 36.5 Å². The summed E-state index contributed by atoms with van der Waals surface area (Å²) in [5, 5.41) is 8.44. The van der Waals surface area contributed by atoms with Gasteiger partial charge in [0.2, 0.25) is 5.95 Å². The smallest absolute Gasteiger partial charge is 0.242 e. The molecule has 1 aromatic heterocycles. The molecule has 0 saturated heterocycles. The molecule has 1 atom stereocenters. The monoisotopic (exact) mass is 277 g/mol. The molecule has 0 aliphatic heterocycles. The third kappa shape index (κ3) is 3.54. The summed E-state index contributed by atoms with van der Waals surface area (Å²) < 4.78 is 0. The van der Waals surface area contributed by atoms with Crippen LogP contribution in [-0.4, -0.2) is 15.2 Å². The molecule has 1 heterocycles. The number of hydrogen-bond acceptors (Lipinski definition) is 5. The number of anilines is 2. The normalized spacial score (nSPS) is 12.3. The molecular formula is C13H16ClN5. The van der Waals surface area contributed by atoms with E-state index in [-0.39, 0.29) is 5.95 Å². The fraction of sp³-hybridized carbons (Fsp3) is 0.308. The molecule has 0 bridgehead atoms. The van der Waals surface area contributed by atoms with Crippen molar-refractivity contribution in [2.75, 3.05) is 11.5 Å². The predicted molar refractivity (Wildman–Crippen MR) is 76.8 cm³/mol. The van der Waals surface area contributed by atoms with Crippen molar-refractivity contribution >= 4 is 23.4 Å². The van der Waals surface area contributed by atoms with Gasteiger partial charge in [-0.1, -0.05) is 30.7 Å². The maximum atomic E-state index is 5.87. The van der Waals surface area contributed by atoms with E-state index in [1.165, 1.54) is 5.56 Å². The summed E-state index contributed by atoms with van der Waals surface area (Å²) in [6, 6.07) is 7.85. The van der Waals surface area contributed by atoms with E-state index < -0.39 is 0 Å². The van der Waals surface area contributed by atoms with Crippen LogP contribution in [0.25, 0.3) is 0 Å². The van der Waals surface area contributed by atoms with E-state index in [0.29, 0.717) is 17.4 Å². The number of nitrogens with two attached hydrogens (primary N) is 2. The summed E-state index contributed by atoms with van der Waals surface area (Å²) in [5.41, 5.74) is 13.1. The molecule has 19 heavy (non-hydrogen) atoms. The van der Waals surface area contributed by atoms with E-state index in [1.54, 1.807) is 0 Å². The van der Waals surface area contributed by atoms with E-state index >= 15 is 0 Å². The van der Waals surface area contributed by atoms with Crippen molar-refractivity contribution in [2.24, 2.45) is 0 Å². The molecule has 0 amide bonds. The van der Waals surface area contributed by atoms with Crippen LogP contribution in [0.1, 0.15) is 30.5 Å². The first kappa shape index (κ1) is 13.5. The Morgan fingerprint density at radius 1 is 1.16 bits per heavy atom. The van der Waals surface area contributed by atoms with Crippen LogP contribution in [0.3, 0.4) is 0 Å². The minimum absolute atomic E-state index is 0.104. The van der Waals surface area contributed by atoms with Crippen molar-refractivity contribution in [1.82, 2.24) is 15.2 Å². The van der Waals surface area contributed by atoms with Gasteiger partial charge in [0, 0.05) is 5.02 Å². The lowest BCUT2D eigenvalue weighted by atomic mass is 9.95. The summed E-state index contributed by atoms with van der Waals surface area (Å²) in [7, 11) is 0. The summed E-state index contributed by atoms with van der Waals surface area (Å²) in [6.07, 6.45) is 1.63. The largest absolute Gasteiger partial charge is 0.382 e. The highest BCUT2D eigenvalue weighted by Crippen LogP contribution is 2.23. The third-order valence-corrected chi connectivity index (χ3v) is 3.31. The maximum Gasteiger partial charge on any atom is 0.242 e. The van der Waals surface area contributed by atoms with Crippen LogP contribution in [0.15, 0.2) is 24.3 Å². The fourth-order valence-corrected chi connectivity index (χ4v) is 1.99. The van der Waals surface area contributed by atoms with Crippen LogP contribution in [0.5, 0.6) is 0 Å². The van der Waals surface area contributed by atoms with Crippen LogP contribution in [0.2, 0.25) is 5.02 Å². The number of rotatable bonds is 4. The molecule has 0 saturated carbocycles. The Balaban J connectivity index is 2.00. The molecule has 1 aromatic carbocycles. The van der Waals surface area contributed by atoms with Gasteiger partial charge < -0.3 is 11.5 Å². The van der Waals surface area contributed by atoms with Crippen molar-refractivity contribution in [3.63, 3.8) is 0 Å². The van der Waals surface area contributed by atoms with Crippen molar-refractivity contribution < 1.29 is 0 Å². The molecule has 0 aliphatic carbocycles. The zero-order chi connectivity index (χ0) is 13.8. The molecule has 0 radical (unpaired) electrons. The van der Waals surface area contributed by atoms with Gasteiger partial charge in [0.25, 0.3) is 0 Å². The molecule has 0 fully saturated rings. The van der Waals surface area contributed by atoms with Gasteiger partial charge in [-0.25, -0.2) is 0 Å². The van der Waals surface area contributed by atoms with Crippen LogP contribution >= 0.6 is 11.6 Å². The molecular weight excluding hydrogens is 262 g/mol. The highest BCUT2D eigenvalue weighted by Gasteiger charge is 2.09. The Hall–Kier alpha value is -1.88. The zero-order valence-corrected chi connectivity index (χ0v) is 11.4. The average molecular weight is 278 g/mol. The molecule has 6 heteroatoms. The number of benzene rings is 1. The first-order chi connectivity index (χ1) is 9.06. The van der Waals surface area contributed by atoms with E-state index in [4.69, 9.17) is 23.1 Å². The zero-order valence-electron chi connectivity index (χ0n) is 10.7. The van der Waals surface area contributed by atoms with Crippen molar-refractivity contribution in [1.29, 1.82) is 0 Å². The van der Waals surface area contributed by atoms with E-state index in [1.807, 2.05) is 24.3 Å². The Kier molecular flexibility index (Phi) is 4.16. The molecule has 5 nitrogen and oxygen atoms in total. The Labute approximate surface area is 117 Å². The molecule has 0 spiro atoms. The summed E-state index contributed by atoms with van der Waals surface area (Å²) in [4.78, 5) is 3.90. The molecule has 2 aromatic rings. The van der Waals surface area contributed by atoms with Crippen LogP contribution in [0, 0.1) is 0 Å². The van der Waals surface area contributed by atoms with Gasteiger partial charge in [-0.3, -0.25) is 0 Å². The first-order valence-electron chi connectivity index (χ1n) is 6.06. The molecule has 100 valence electrons. The topological polar surface area (TPSA) is 90.7 Å². The van der Waals surface area contributed by atoms with Gasteiger partial charge >= 0.3 is 0 Å². The van der Waals surface area contributed by atoms with E-state index in [9.17, 15) is 0 Å². The maximum absolute atomic E-state index is 5.87. The lowest BCUT2D eigenvalue weighted by molar-refractivity contribution is 0.663. The third-order valence-electron chi connectivity index (χ3n) is 3.06. The van der Waals surface area contributed by atoms with Crippen LogP contribution in [-0.2, 0) is 6.42 Å². The van der Waals surface area contributed by atoms with Gasteiger partial charge in [-0.15, -0.1) is 10.2 Å². The minimum Gasteiger partial charge on any atom is -0.382 e. The SMILES string of the molecule is CC(CCc1nnc(N)nc1N)c1ccc(Cl)cc1. The van der Waals surface area contributed by atoms with Gasteiger partial charge in [-0.2, -0.15) is 4.98 Å².